The van der Waals surface area contributed by atoms with Crippen LogP contribution in [0.15, 0.2) is 23.9 Å². The molecule has 2 rings (SSSR count). The lowest BCUT2D eigenvalue weighted by Gasteiger charge is -2.28. The summed E-state index contributed by atoms with van der Waals surface area (Å²) in [4.78, 5) is 17.3. The summed E-state index contributed by atoms with van der Waals surface area (Å²) in [6.07, 6.45) is 4.52. The number of ether oxygens (including phenoxy) is 1. The Morgan fingerprint density at radius 1 is 1.58 bits per heavy atom. The molecule has 1 aliphatic rings. The van der Waals surface area contributed by atoms with E-state index in [1.807, 2.05) is 6.92 Å². The summed E-state index contributed by atoms with van der Waals surface area (Å²) in [6.45, 7) is 4.25. The molecule has 2 heterocycles. The maximum absolute atomic E-state index is 10.9. The Kier molecular flexibility index (Phi) is 4.16. The smallest absolute Gasteiger partial charge is 0.337 e. The molecule has 1 aliphatic heterocycles. The first kappa shape index (κ1) is 13.5. The first-order valence-corrected chi connectivity index (χ1v) is 6.23. The number of carbonyl (C=O) groups is 1. The molecule has 0 aromatic carbocycles. The second kappa shape index (κ2) is 5.84. The van der Waals surface area contributed by atoms with Crippen LogP contribution >= 0.6 is 0 Å². The second-order valence-electron chi connectivity index (χ2n) is 4.66. The third-order valence-corrected chi connectivity index (χ3v) is 3.23. The van der Waals surface area contributed by atoms with Gasteiger partial charge in [0, 0.05) is 26.4 Å². The number of methoxy groups -OCH3 is 1. The van der Waals surface area contributed by atoms with Crippen LogP contribution in [0.1, 0.15) is 22.3 Å². The minimum absolute atomic E-state index is 0.230. The quantitative estimate of drug-likeness (QED) is 0.839. The Labute approximate surface area is 112 Å². The van der Waals surface area contributed by atoms with E-state index in [9.17, 15) is 4.79 Å². The van der Waals surface area contributed by atoms with Crippen LogP contribution in [0.2, 0.25) is 0 Å². The zero-order valence-electron chi connectivity index (χ0n) is 11.2. The van der Waals surface area contributed by atoms with Crippen LogP contribution in [0.25, 0.3) is 0 Å². The zero-order valence-corrected chi connectivity index (χ0v) is 11.2. The van der Waals surface area contributed by atoms with E-state index in [1.165, 1.54) is 11.8 Å². The number of aryl methyl sites for hydroxylation is 1. The van der Waals surface area contributed by atoms with Crippen molar-refractivity contribution in [1.29, 1.82) is 0 Å². The molecule has 1 N–H and O–H groups in total. The third-order valence-electron chi connectivity index (χ3n) is 3.23. The lowest BCUT2D eigenvalue weighted by molar-refractivity contribution is 0.0696. The molecule has 0 atom stereocenters. The standard InChI is InChI=1S/C14H18N2O3/c1-10-7-12(14(17)18)8-15-13(10)16-5-3-11(4-6-16)9-19-2/h3,7-8H,4-6,9H2,1-2H3,(H,17,18). The van der Waals surface area contributed by atoms with Crippen LogP contribution < -0.4 is 4.90 Å². The lowest BCUT2D eigenvalue weighted by Crippen LogP contribution is -2.30. The first-order valence-electron chi connectivity index (χ1n) is 6.23. The molecule has 1 aromatic rings. The molecule has 0 radical (unpaired) electrons. The van der Waals surface area contributed by atoms with Gasteiger partial charge in [-0.05, 0) is 30.5 Å². The van der Waals surface area contributed by atoms with Crippen molar-refractivity contribution in [2.75, 3.05) is 31.7 Å². The predicted octanol–water partition coefficient (Wildman–Crippen LogP) is 1.87. The molecule has 1 aromatic heterocycles. The van der Waals surface area contributed by atoms with Gasteiger partial charge < -0.3 is 14.7 Å². The number of carboxylic acid groups (broad SMARTS) is 1. The van der Waals surface area contributed by atoms with Crippen LogP contribution in [0.3, 0.4) is 0 Å². The van der Waals surface area contributed by atoms with Gasteiger partial charge in [0.25, 0.3) is 0 Å². The van der Waals surface area contributed by atoms with Crippen molar-refractivity contribution in [3.63, 3.8) is 0 Å². The van der Waals surface area contributed by atoms with Crippen LogP contribution in [0, 0.1) is 6.92 Å². The highest BCUT2D eigenvalue weighted by Gasteiger charge is 2.16. The van der Waals surface area contributed by atoms with Gasteiger partial charge in [-0.3, -0.25) is 0 Å². The number of pyridine rings is 1. The molecule has 19 heavy (non-hydrogen) atoms. The van der Waals surface area contributed by atoms with E-state index >= 15 is 0 Å². The molecular formula is C14H18N2O3. The molecule has 0 aliphatic carbocycles. The highest BCUT2D eigenvalue weighted by Crippen LogP contribution is 2.22. The fourth-order valence-electron chi connectivity index (χ4n) is 2.24. The summed E-state index contributed by atoms with van der Waals surface area (Å²) in [5.74, 6) is -0.0826. The van der Waals surface area contributed by atoms with Crippen LogP contribution in [0.4, 0.5) is 5.82 Å². The van der Waals surface area contributed by atoms with E-state index < -0.39 is 5.97 Å². The number of hydrogen-bond acceptors (Lipinski definition) is 4. The van der Waals surface area contributed by atoms with Gasteiger partial charge in [-0.1, -0.05) is 6.08 Å². The van der Waals surface area contributed by atoms with E-state index in [0.717, 1.165) is 30.9 Å². The van der Waals surface area contributed by atoms with Gasteiger partial charge in [-0.2, -0.15) is 0 Å². The number of anilines is 1. The fourth-order valence-corrected chi connectivity index (χ4v) is 2.24. The number of aromatic nitrogens is 1. The van der Waals surface area contributed by atoms with Crippen molar-refractivity contribution in [2.45, 2.75) is 13.3 Å². The van der Waals surface area contributed by atoms with Crippen molar-refractivity contribution < 1.29 is 14.6 Å². The lowest BCUT2D eigenvalue weighted by atomic mass is 10.1. The van der Waals surface area contributed by atoms with Gasteiger partial charge in [0.15, 0.2) is 0 Å². The van der Waals surface area contributed by atoms with Crippen molar-refractivity contribution in [1.82, 2.24) is 4.98 Å². The Morgan fingerprint density at radius 2 is 2.37 bits per heavy atom. The highest BCUT2D eigenvalue weighted by molar-refractivity contribution is 5.87. The zero-order chi connectivity index (χ0) is 13.8. The first-order chi connectivity index (χ1) is 9.11. The average Bonchev–Trinajstić information content (AvgIpc) is 2.40. The summed E-state index contributed by atoms with van der Waals surface area (Å²) in [7, 11) is 1.70. The van der Waals surface area contributed by atoms with Gasteiger partial charge >= 0.3 is 5.97 Å². The van der Waals surface area contributed by atoms with Gasteiger partial charge in [-0.25, -0.2) is 9.78 Å². The minimum Gasteiger partial charge on any atom is -0.478 e. The summed E-state index contributed by atoms with van der Waals surface area (Å²) in [5, 5.41) is 8.93. The Hall–Kier alpha value is -1.88. The van der Waals surface area contributed by atoms with Crippen molar-refractivity contribution in [2.24, 2.45) is 0 Å². The SMILES string of the molecule is COCC1=CCN(c2ncc(C(=O)O)cc2C)CC1. The largest absolute Gasteiger partial charge is 0.478 e. The molecule has 5 heteroatoms. The van der Waals surface area contributed by atoms with E-state index in [-0.39, 0.29) is 5.56 Å². The second-order valence-corrected chi connectivity index (χ2v) is 4.66. The van der Waals surface area contributed by atoms with Gasteiger partial charge in [0.2, 0.25) is 0 Å². The van der Waals surface area contributed by atoms with Crippen molar-refractivity contribution >= 4 is 11.8 Å². The van der Waals surface area contributed by atoms with E-state index in [2.05, 4.69) is 16.0 Å². The Balaban J connectivity index is 2.14. The number of hydrogen-bond donors (Lipinski definition) is 1. The molecular weight excluding hydrogens is 244 g/mol. The Bertz CT molecular complexity index is 511. The molecule has 0 amide bonds. The molecule has 0 bridgehead atoms. The number of nitrogens with zero attached hydrogens (tertiary/aromatic N) is 2. The number of rotatable bonds is 4. The molecule has 5 nitrogen and oxygen atoms in total. The molecule has 0 fully saturated rings. The van der Waals surface area contributed by atoms with Crippen LogP contribution in [0.5, 0.6) is 0 Å². The van der Waals surface area contributed by atoms with Gasteiger partial charge in [-0.15, -0.1) is 0 Å². The van der Waals surface area contributed by atoms with Crippen molar-refractivity contribution in [3.8, 4) is 0 Å². The predicted molar refractivity (Wildman–Crippen MR) is 72.7 cm³/mol. The summed E-state index contributed by atoms with van der Waals surface area (Å²) >= 11 is 0. The maximum atomic E-state index is 10.9. The highest BCUT2D eigenvalue weighted by atomic mass is 16.5. The maximum Gasteiger partial charge on any atom is 0.337 e. The molecule has 0 saturated heterocycles. The fraction of sp³-hybridized carbons (Fsp3) is 0.429. The van der Waals surface area contributed by atoms with Crippen molar-refractivity contribution in [3.05, 3.63) is 35.0 Å². The summed E-state index contributed by atoms with van der Waals surface area (Å²) < 4.78 is 5.12. The topological polar surface area (TPSA) is 62.7 Å². The number of carboxylic acids is 1. The van der Waals surface area contributed by atoms with Gasteiger partial charge in [0.05, 0.1) is 12.2 Å². The molecule has 0 spiro atoms. The van der Waals surface area contributed by atoms with E-state index in [0.29, 0.717) is 6.61 Å². The third kappa shape index (κ3) is 3.12. The van der Waals surface area contributed by atoms with E-state index in [4.69, 9.17) is 9.84 Å². The summed E-state index contributed by atoms with van der Waals surface area (Å²) in [5.41, 5.74) is 2.43. The molecule has 0 unspecified atom stereocenters. The minimum atomic E-state index is -0.942. The average molecular weight is 262 g/mol. The normalized spacial score (nSPS) is 15.3. The molecule has 102 valence electrons. The van der Waals surface area contributed by atoms with Crippen LogP contribution in [-0.4, -0.2) is 42.9 Å². The Morgan fingerprint density at radius 3 is 2.89 bits per heavy atom. The van der Waals surface area contributed by atoms with Crippen LogP contribution in [-0.2, 0) is 4.74 Å². The molecule has 0 saturated carbocycles. The van der Waals surface area contributed by atoms with E-state index in [1.54, 1.807) is 13.2 Å². The monoisotopic (exact) mass is 262 g/mol. The number of aromatic carboxylic acids is 1. The van der Waals surface area contributed by atoms with Gasteiger partial charge in [0.1, 0.15) is 5.82 Å². The summed E-state index contributed by atoms with van der Waals surface area (Å²) in [6, 6.07) is 1.67.